The van der Waals surface area contributed by atoms with Crippen molar-refractivity contribution >= 4 is 63.2 Å². The molecule has 202 valence electrons. The second-order valence-corrected chi connectivity index (χ2v) is 10.4. The van der Waals surface area contributed by atoms with Crippen molar-refractivity contribution in [3.8, 4) is 0 Å². The van der Waals surface area contributed by atoms with Crippen LogP contribution >= 0.6 is 23.2 Å². The topological polar surface area (TPSA) is 92.2 Å². The van der Waals surface area contributed by atoms with Crippen LogP contribution in [0.3, 0.4) is 0 Å². The van der Waals surface area contributed by atoms with Crippen LogP contribution in [-0.2, 0) is 17.9 Å². The number of benzene rings is 3. The van der Waals surface area contributed by atoms with E-state index < -0.39 is 0 Å². The van der Waals surface area contributed by atoms with Crippen molar-refractivity contribution in [2.24, 2.45) is 5.92 Å². The molecule has 0 atom stereocenters. The van der Waals surface area contributed by atoms with E-state index in [0.29, 0.717) is 45.8 Å². The van der Waals surface area contributed by atoms with Gasteiger partial charge in [0.2, 0.25) is 5.91 Å². The van der Waals surface area contributed by atoms with Gasteiger partial charge in [-0.2, -0.15) is 0 Å². The molecular weight excluding hydrogens is 535 g/mol. The normalized spacial score (nSPS) is 11.1. The van der Waals surface area contributed by atoms with Gasteiger partial charge in [-0.3, -0.25) is 14.4 Å². The number of aromatic nitrogens is 1. The summed E-state index contributed by atoms with van der Waals surface area (Å²) in [6.07, 6.45) is 0. The third-order valence-corrected chi connectivity index (χ3v) is 6.98. The lowest BCUT2D eigenvalue weighted by Gasteiger charge is -2.12. The number of nitrogens with one attached hydrogen (secondary N) is 3. The molecule has 4 rings (SSSR count). The van der Waals surface area contributed by atoms with Gasteiger partial charge in [-0.25, -0.2) is 0 Å². The van der Waals surface area contributed by atoms with E-state index in [0.717, 1.165) is 22.0 Å². The van der Waals surface area contributed by atoms with E-state index in [1.807, 2.05) is 44.4 Å². The van der Waals surface area contributed by atoms with E-state index in [2.05, 4.69) is 16.0 Å². The predicted octanol–water partition coefficient (Wildman–Crippen LogP) is 7.05. The summed E-state index contributed by atoms with van der Waals surface area (Å²) in [5.74, 6) is -0.815. The highest BCUT2D eigenvalue weighted by molar-refractivity contribution is 6.34. The fourth-order valence-corrected chi connectivity index (χ4v) is 4.71. The summed E-state index contributed by atoms with van der Waals surface area (Å²) in [4.78, 5) is 38.2. The summed E-state index contributed by atoms with van der Waals surface area (Å²) in [7, 11) is 0. The molecule has 3 N–H and O–H groups in total. The third-order valence-electron chi connectivity index (χ3n) is 6.41. The van der Waals surface area contributed by atoms with E-state index in [1.54, 1.807) is 48.5 Å². The zero-order valence-electron chi connectivity index (χ0n) is 22.2. The first-order valence-electron chi connectivity index (χ1n) is 12.7. The maximum atomic E-state index is 13.2. The van der Waals surface area contributed by atoms with Crippen LogP contribution < -0.4 is 16.0 Å². The van der Waals surface area contributed by atoms with Gasteiger partial charge >= 0.3 is 0 Å². The quantitative estimate of drug-likeness (QED) is 0.214. The average Bonchev–Trinajstić information content (AvgIpc) is 3.27. The fourth-order valence-electron chi connectivity index (χ4n) is 4.28. The molecule has 0 aliphatic heterocycles. The highest BCUT2D eigenvalue weighted by Gasteiger charge is 2.18. The second-order valence-electron chi connectivity index (χ2n) is 9.60. The largest absolute Gasteiger partial charge is 0.352 e. The molecule has 0 unspecified atom stereocenters. The Morgan fingerprint density at radius 3 is 2.36 bits per heavy atom. The molecule has 1 aromatic heterocycles. The number of carbonyl (C=O) groups is 3. The molecule has 9 heteroatoms. The van der Waals surface area contributed by atoms with Gasteiger partial charge < -0.3 is 20.5 Å². The minimum atomic E-state index is -0.373. The van der Waals surface area contributed by atoms with Crippen LogP contribution in [0.4, 0.5) is 11.4 Å². The number of amides is 3. The van der Waals surface area contributed by atoms with Crippen molar-refractivity contribution < 1.29 is 14.4 Å². The molecule has 3 amide bonds. The maximum Gasteiger partial charge on any atom is 0.272 e. The van der Waals surface area contributed by atoms with Crippen LogP contribution in [0.1, 0.15) is 52.7 Å². The highest BCUT2D eigenvalue weighted by atomic mass is 35.5. The predicted molar refractivity (Wildman–Crippen MR) is 158 cm³/mol. The molecule has 0 spiro atoms. The lowest BCUT2D eigenvalue weighted by Crippen LogP contribution is -2.27. The van der Waals surface area contributed by atoms with Crippen molar-refractivity contribution in [3.05, 3.63) is 93.1 Å². The van der Waals surface area contributed by atoms with Crippen LogP contribution in [-0.4, -0.2) is 22.3 Å². The number of hydrogen-bond donors (Lipinski definition) is 3. The van der Waals surface area contributed by atoms with Gasteiger partial charge in [0.25, 0.3) is 11.8 Å². The molecule has 0 radical (unpaired) electrons. The van der Waals surface area contributed by atoms with Crippen molar-refractivity contribution in [1.82, 2.24) is 9.88 Å². The summed E-state index contributed by atoms with van der Waals surface area (Å²) in [6, 6.07) is 17.7. The fraction of sp³-hybridized carbons (Fsp3) is 0.233. The number of fused-ring (bicyclic) bond motifs is 1. The summed E-state index contributed by atoms with van der Waals surface area (Å²) in [5, 5.41) is 10.4. The Morgan fingerprint density at radius 2 is 1.67 bits per heavy atom. The smallest absolute Gasteiger partial charge is 0.272 e. The summed E-state index contributed by atoms with van der Waals surface area (Å²) < 4.78 is 1.92. The third kappa shape index (κ3) is 6.44. The van der Waals surface area contributed by atoms with E-state index in [9.17, 15) is 14.4 Å². The number of aryl methyl sites for hydroxylation is 2. The molecule has 1 heterocycles. The second kappa shape index (κ2) is 11.9. The van der Waals surface area contributed by atoms with Crippen molar-refractivity contribution in [3.63, 3.8) is 0 Å². The van der Waals surface area contributed by atoms with E-state index in [-0.39, 0.29) is 23.6 Å². The van der Waals surface area contributed by atoms with Crippen molar-refractivity contribution in [2.45, 2.75) is 40.8 Å². The average molecular weight is 566 g/mol. The van der Waals surface area contributed by atoms with Gasteiger partial charge in [-0.15, -0.1) is 0 Å². The molecule has 39 heavy (non-hydrogen) atoms. The molecule has 0 bridgehead atoms. The Labute approximate surface area is 237 Å². The lowest BCUT2D eigenvalue weighted by atomic mass is 10.1. The SMILES string of the molecule is CCn1c(C(=O)Nc2ccc(Cl)cc2C)cc2cc(NC(=O)c3cc(CNC(=O)C(C)C)ccc3Cl)ccc21. The molecule has 0 aliphatic carbocycles. The summed E-state index contributed by atoms with van der Waals surface area (Å²) in [5.41, 5.74) is 4.56. The summed E-state index contributed by atoms with van der Waals surface area (Å²) >= 11 is 12.4. The van der Waals surface area contributed by atoms with Crippen LogP contribution in [0.2, 0.25) is 10.0 Å². The Kier molecular flexibility index (Phi) is 8.63. The first kappa shape index (κ1) is 28.2. The van der Waals surface area contributed by atoms with E-state index in [4.69, 9.17) is 23.2 Å². The van der Waals surface area contributed by atoms with Crippen LogP contribution in [0.5, 0.6) is 0 Å². The number of nitrogens with zero attached hydrogens (tertiary/aromatic N) is 1. The van der Waals surface area contributed by atoms with Gasteiger partial charge in [-0.05, 0) is 79.6 Å². The maximum absolute atomic E-state index is 13.2. The zero-order valence-corrected chi connectivity index (χ0v) is 23.7. The van der Waals surface area contributed by atoms with Gasteiger partial charge in [0.05, 0.1) is 10.6 Å². The molecule has 7 nitrogen and oxygen atoms in total. The first-order chi connectivity index (χ1) is 18.6. The highest BCUT2D eigenvalue weighted by Crippen LogP contribution is 2.27. The van der Waals surface area contributed by atoms with E-state index >= 15 is 0 Å². The Bertz CT molecular complexity index is 1580. The van der Waals surface area contributed by atoms with Crippen LogP contribution in [0, 0.1) is 12.8 Å². The lowest BCUT2D eigenvalue weighted by molar-refractivity contribution is -0.124. The van der Waals surface area contributed by atoms with Crippen molar-refractivity contribution in [2.75, 3.05) is 10.6 Å². The van der Waals surface area contributed by atoms with Gasteiger partial charge in [-0.1, -0.05) is 43.1 Å². The Hall–Kier alpha value is -3.81. The van der Waals surface area contributed by atoms with Crippen molar-refractivity contribution in [1.29, 1.82) is 0 Å². The first-order valence-corrected chi connectivity index (χ1v) is 13.4. The standard InChI is InChI=1S/C30H30Cl2N4O3/c1-5-36-26-11-8-22(14-20(26)15-27(36)30(39)35-25-10-7-21(31)12-18(25)4)34-29(38)23-13-19(6-9-24(23)32)16-33-28(37)17(2)3/h6-15,17H,5,16H2,1-4H3,(H,33,37)(H,34,38)(H,35,39). The van der Waals surface area contributed by atoms with Crippen LogP contribution in [0.25, 0.3) is 10.9 Å². The Morgan fingerprint density at radius 1 is 0.897 bits per heavy atom. The molecular formula is C30H30Cl2N4O3. The molecule has 0 aliphatic rings. The number of carbonyl (C=O) groups excluding carboxylic acids is 3. The van der Waals surface area contributed by atoms with Gasteiger partial charge in [0.1, 0.15) is 5.69 Å². The molecule has 0 fully saturated rings. The molecule has 4 aromatic rings. The molecule has 0 saturated carbocycles. The monoisotopic (exact) mass is 564 g/mol. The number of rotatable bonds is 8. The summed E-state index contributed by atoms with van der Waals surface area (Å²) in [6.45, 7) is 8.38. The number of halogens is 2. The minimum Gasteiger partial charge on any atom is -0.352 e. The molecule has 3 aromatic carbocycles. The Balaban J connectivity index is 1.55. The number of hydrogen-bond acceptors (Lipinski definition) is 3. The molecule has 0 saturated heterocycles. The minimum absolute atomic E-state index is 0.0698. The van der Waals surface area contributed by atoms with Crippen LogP contribution in [0.15, 0.2) is 60.7 Å². The zero-order chi connectivity index (χ0) is 28.3. The van der Waals surface area contributed by atoms with Gasteiger partial charge in [0.15, 0.2) is 0 Å². The van der Waals surface area contributed by atoms with Gasteiger partial charge in [0, 0.05) is 46.3 Å². The number of anilines is 2. The van der Waals surface area contributed by atoms with E-state index in [1.165, 1.54) is 0 Å².